The molecule has 0 spiro atoms. The molecule has 1 heterocycles. The first-order valence-electron chi connectivity index (χ1n) is 8.47. The van der Waals surface area contributed by atoms with Crippen molar-refractivity contribution in [2.75, 3.05) is 14.2 Å². The first kappa shape index (κ1) is 19.1. The highest BCUT2D eigenvalue weighted by atomic mass is 32.2. The van der Waals surface area contributed by atoms with E-state index in [0.717, 1.165) is 5.56 Å². The number of rotatable bonds is 7. The molecule has 0 aliphatic heterocycles. The van der Waals surface area contributed by atoms with Gasteiger partial charge in [-0.1, -0.05) is 42.4 Å². The molecule has 0 radical (unpaired) electrons. The fourth-order valence-electron chi connectivity index (χ4n) is 2.64. The van der Waals surface area contributed by atoms with Crippen LogP contribution in [0.3, 0.4) is 0 Å². The van der Waals surface area contributed by atoms with Gasteiger partial charge in [0.05, 0.1) is 17.6 Å². The quantitative estimate of drug-likeness (QED) is 0.619. The minimum atomic E-state index is -3.70. The summed E-state index contributed by atoms with van der Waals surface area (Å²) in [5.74, 6) is 1.25. The molecule has 0 saturated heterocycles. The summed E-state index contributed by atoms with van der Waals surface area (Å²) in [6, 6.07) is 14.0. The molecule has 2 aromatic carbocycles. The van der Waals surface area contributed by atoms with Crippen LogP contribution in [-0.4, -0.2) is 37.0 Å². The monoisotopic (exact) mass is 387 g/mol. The molecule has 0 fully saturated rings. The zero-order valence-corrected chi connectivity index (χ0v) is 16.2. The minimum Gasteiger partial charge on any atom is -0.496 e. The van der Waals surface area contributed by atoms with E-state index in [4.69, 9.17) is 9.26 Å². The van der Waals surface area contributed by atoms with Gasteiger partial charge in [0.2, 0.25) is 21.7 Å². The number of ether oxygens (including phenoxy) is 1. The molecule has 0 atom stereocenters. The summed E-state index contributed by atoms with van der Waals surface area (Å²) in [6.07, 6.45) is 0.590. The number of methoxy groups -OCH3 is 1. The van der Waals surface area contributed by atoms with Crippen molar-refractivity contribution in [1.29, 1.82) is 0 Å². The van der Waals surface area contributed by atoms with Crippen LogP contribution in [-0.2, 0) is 23.0 Å². The maximum Gasteiger partial charge on any atom is 0.243 e. The molecule has 7 nitrogen and oxygen atoms in total. The van der Waals surface area contributed by atoms with Crippen LogP contribution >= 0.6 is 0 Å². The Labute approximate surface area is 158 Å². The van der Waals surface area contributed by atoms with Crippen LogP contribution < -0.4 is 4.74 Å². The van der Waals surface area contributed by atoms with E-state index in [-0.39, 0.29) is 11.4 Å². The maximum atomic E-state index is 13.0. The minimum absolute atomic E-state index is 0.138. The SMILES string of the molecule is CCc1nc(-c2cc(S(=O)(=O)N(C)Cc3ccccc3)ccc2OC)no1. The van der Waals surface area contributed by atoms with Gasteiger partial charge in [0.25, 0.3) is 0 Å². The van der Waals surface area contributed by atoms with Crippen LogP contribution in [0.15, 0.2) is 57.9 Å². The van der Waals surface area contributed by atoms with Gasteiger partial charge >= 0.3 is 0 Å². The lowest BCUT2D eigenvalue weighted by molar-refractivity contribution is 0.382. The van der Waals surface area contributed by atoms with Gasteiger partial charge in [0.15, 0.2) is 0 Å². The molecule has 142 valence electrons. The molecule has 1 aromatic heterocycles. The normalized spacial score (nSPS) is 11.7. The van der Waals surface area contributed by atoms with Crippen molar-refractivity contribution in [2.24, 2.45) is 0 Å². The van der Waals surface area contributed by atoms with Gasteiger partial charge in [0.1, 0.15) is 5.75 Å². The highest BCUT2D eigenvalue weighted by Gasteiger charge is 2.24. The standard InChI is InChI=1S/C19H21N3O4S/c1-4-18-20-19(21-26-18)16-12-15(10-11-17(16)25-3)27(23,24)22(2)13-14-8-6-5-7-9-14/h5-12H,4,13H2,1-3H3. The first-order chi connectivity index (χ1) is 13.0. The Balaban J connectivity index is 1.96. The molecule has 0 amide bonds. The number of nitrogens with zero attached hydrogens (tertiary/aromatic N) is 3. The molecule has 0 saturated carbocycles. The van der Waals surface area contributed by atoms with Crippen molar-refractivity contribution in [3.63, 3.8) is 0 Å². The van der Waals surface area contributed by atoms with E-state index >= 15 is 0 Å². The zero-order valence-electron chi connectivity index (χ0n) is 15.4. The molecule has 0 bridgehead atoms. The van der Waals surface area contributed by atoms with Crippen molar-refractivity contribution >= 4 is 10.0 Å². The molecular weight excluding hydrogens is 366 g/mol. The smallest absolute Gasteiger partial charge is 0.243 e. The molecule has 0 aliphatic carbocycles. The third-order valence-corrected chi connectivity index (χ3v) is 5.94. The van der Waals surface area contributed by atoms with Gasteiger partial charge in [-0.15, -0.1) is 0 Å². The van der Waals surface area contributed by atoms with Crippen LogP contribution in [0, 0.1) is 0 Å². The van der Waals surface area contributed by atoms with Crippen molar-refractivity contribution < 1.29 is 17.7 Å². The predicted molar refractivity (Wildman–Crippen MR) is 101 cm³/mol. The van der Waals surface area contributed by atoms with Crippen LogP contribution in [0.2, 0.25) is 0 Å². The van der Waals surface area contributed by atoms with Gasteiger partial charge < -0.3 is 9.26 Å². The summed E-state index contributed by atoms with van der Waals surface area (Å²) in [5.41, 5.74) is 1.37. The van der Waals surface area contributed by atoms with Crippen molar-refractivity contribution in [3.05, 3.63) is 60.0 Å². The molecule has 27 heavy (non-hydrogen) atoms. The summed E-state index contributed by atoms with van der Waals surface area (Å²) in [4.78, 5) is 4.42. The fourth-order valence-corrected chi connectivity index (χ4v) is 3.82. The summed E-state index contributed by atoms with van der Waals surface area (Å²) >= 11 is 0. The second-order valence-electron chi connectivity index (χ2n) is 5.97. The molecule has 0 unspecified atom stereocenters. The van der Waals surface area contributed by atoms with Crippen LogP contribution in [0.5, 0.6) is 5.75 Å². The Morgan fingerprint density at radius 1 is 1.15 bits per heavy atom. The van der Waals surface area contributed by atoms with E-state index in [2.05, 4.69) is 10.1 Å². The third kappa shape index (κ3) is 4.01. The van der Waals surface area contributed by atoms with Crippen molar-refractivity contribution in [3.8, 4) is 17.1 Å². The molecule has 0 N–H and O–H groups in total. The van der Waals surface area contributed by atoms with E-state index in [0.29, 0.717) is 29.4 Å². The average Bonchev–Trinajstić information content (AvgIpc) is 3.17. The number of benzene rings is 2. The Morgan fingerprint density at radius 3 is 2.52 bits per heavy atom. The second-order valence-corrected chi connectivity index (χ2v) is 8.02. The number of aryl methyl sites for hydroxylation is 1. The Hall–Kier alpha value is -2.71. The first-order valence-corrected chi connectivity index (χ1v) is 9.91. The highest BCUT2D eigenvalue weighted by molar-refractivity contribution is 7.89. The molecule has 0 aliphatic rings. The van der Waals surface area contributed by atoms with Crippen LogP contribution in [0.25, 0.3) is 11.4 Å². The molecule has 3 rings (SSSR count). The Morgan fingerprint density at radius 2 is 1.89 bits per heavy atom. The van der Waals surface area contributed by atoms with Crippen molar-refractivity contribution in [2.45, 2.75) is 24.8 Å². The Kier molecular flexibility index (Phi) is 5.57. The van der Waals surface area contributed by atoms with Gasteiger partial charge in [-0.05, 0) is 23.8 Å². The highest BCUT2D eigenvalue weighted by Crippen LogP contribution is 2.31. The summed E-state index contributed by atoms with van der Waals surface area (Å²) in [7, 11) is -0.639. The van der Waals surface area contributed by atoms with Gasteiger partial charge in [-0.2, -0.15) is 9.29 Å². The maximum absolute atomic E-state index is 13.0. The number of hydrogen-bond donors (Lipinski definition) is 0. The second kappa shape index (κ2) is 7.89. The fraction of sp³-hybridized carbons (Fsp3) is 0.263. The summed E-state index contributed by atoms with van der Waals surface area (Å²) in [6.45, 7) is 2.17. The predicted octanol–water partition coefficient (Wildman–Crippen LogP) is 3.13. The van der Waals surface area contributed by atoms with Crippen LogP contribution in [0.1, 0.15) is 18.4 Å². The lowest BCUT2D eigenvalue weighted by Crippen LogP contribution is -2.26. The molecular formula is C19H21N3O4S. The van der Waals surface area contributed by atoms with Crippen LogP contribution in [0.4, 0.5) is 0 Å². The topological polar surface area (TPSA) is 85.5 Å². The van der Waals surface area contributed by atoms with Gasteiger partial charge in [-0.25, -0.2) is 8.42 Å². The number of sulfonamides is 1. The van der Waals surface area contributed by atoms with E-state index in [9.17, 15) is 8.42 Å². The van der Waals surface area contributed by atoms with Gasteiger partial charge in [-0.3, -0.25) is 0 Å². The molecule has 3 aromatic rings. The van der Waals surface area contributed by atoms with E-state index in [1.165, 1.54) is 23.5 Å². The lowest BCUT2D eigenvalue weighted by atomic mass is 10.2. The number of hydrogen-bond acceptors (Lipinski definition) is 6. The Bertz CT molecular complexity index is 1020. The van der Waals surface area contributed by atoms with E-state index in [1.54, 1.807) is 13.1 Å². The largest absolute Gasteiger partial charge is 0.496 e. The van der Waals surface area contributed by atoms with Crippen molar-refractivity contribution in [1.82, 2.24) is 14.4 Å². The average molecular weight is 387 g/mol. The van der Waals surface area contributed by atoms with E-state index < -0.39 is 10.0 Å². The van der Waals surface area contributed by atoms with E-state index in [1.807, 2.05) is 37.3 Å². The lowest BCUT2D eigenvalue weighted by Gasteiger charge is -2.18. The zero-order chi connectivity index (χ0) is 19.4. The molecule has 8 heteroatoms. The van der Waals surface area contributed by atoms with Gasteiger partial charge in [0, 0.05) is 20.0 Å². The summed E-state index contributed by atoms with van der Waals surface area (Å²) in [5, 5.41) is 3.93. The summed E-state index contributed by atoms with van der Waals surface area (Å²) < 4.78 is 37.8. The number of aromatic nitrogens is 2. The third-order valence-electron chi connectivity index (χ3n) is 4.14.